The Hall–Kier alpha value is -3.06. The maximum absolute atomic E-state index is 13.6. The van der Waals surface area contributed by atoms with Gasteiger partial charge in [-0.3, -0.25) is 4.79 Å². The van der Waals surface area contributed by atoms with Crippen molar-refractivity contribution in [3.8, 4) is 5.69 Å². The summed E-state index contributed by atoms with van der Waals surface area (Å²) in [6.07, 6.45) is 0. The zero-order valence-electron chi connectivity index (χ0n) is 13.2. The number of thiazole rings is 1. The first-order chi connectivity index (χ1) is 12.1. The fourth-order valence-corrected chi connectivity index (χ4v) is 3.14. The lowest BCUT2D eigenvalue weighted by Crippen LogP contribution is -2.23. The van der Waals surface area contributed by atoms with Crippen molar-refractivity contribution < 1.29 is 4.39 Å². The molecule has 1 N–H and O–H groups in total. The summed E-state index contributed by atoms with van der Waals surface area (Å²) in [5.41, 5.74) is 0.721. The number of para-hydroxylation sites is 1. The molecular formula is C18H13FN4OS. The number of anilines is 2. The summed E-state index contributed by atoms with van der Waals surface area (Å²) in [4.78, 5) is 21.9. The molecule has 0 amide bonds. The molecule has 2 aromatic heterocycles. The minimum atomic E-state index is -0.471. The highest BCUT2D eigenvalue weighted by Crippen LogP contribution is 2.21. The zero-order chi connectivity index (χ0) is 17.4. The molecule has 4 aromatic rings. The van der Waals surface area contributed by atoms with E-state index in [2.05, 4.69) is 15.3 Å². The van der Waals surface area contributed by atoms with E-state index in [1.54, 1.807) is 12.1 Å². The molecule has 0 aliphatic carbocycles. The SMILES string of the molecule is Cc1nc(Nc2nc3ccc(F)cc3c(=O)n2-c2ccccc2)cs1. The molecule has 0 unspecified atom stereocenters. The van der Waals surface area contributed by atoms with Crippen LogP contribution >= 0.6 is 11.3 Å². The van der Waals surface area contributed by atoms with Crippen molar-refractivity contribution in [2.75, 3.05) is 5.32 Å². The van der Waals surface area contributed by atoms with Gasteiger partial charge in [-0.15, -0.1) is 11.3 Å². The number of nitrogens with zero attached hydrogens (tertiary/aromatic N) is 3. The van der Waals surface area contributed by atoms with E-state index in [1.807, 2.05) is 30.5 Å². The van der Waals surface area contributed by atoms with Crippen LogP contribution in [-0.2, 0) is 0 Å². The van der Waals surface area contributed by atoms with E-state index >= 15 is 0 Å². The predicted octanol–water partition coefficient (Wildman–Crippen LogP) is 4.03. The quantitative estimate of drug-likeness (QED) is 0.605. The lowest BCUT2D eigenvalue weighted by molar-refractivity contribution is 0.629. The Morgan fingerprint density at radius 2 is 1.92 bits per heavy atom. The zero-order valence-corrected chi connectivity index (χ0v) is 14.0. The van der Waals surface area contributed by atoms with Gasteiger partial charge in [0.2, 0.25) is 5.95 Å². The van der Waals surface area contributed by atoms with Gasteiger partial charge in [0, 0.05) is 5.38 Å². The summed E-state index contributed by atoms with van der Waals surface area (Å²) in [6, 6.07) is 13.1. The van der Waals surface area contributed by atoms with Crippen LogP contribution in [0.4, 0.5) is 16.2 Å². The van der Waals surface area contributed by atoms with E-state index in [0.29, 0.717) is 23.0 Å². The highest BCUT2D eigenvalue weighted by Gasteiger charge is 2.14. The van der Waals surface area contributed by atoms with Crippen molar-refractivity contribution in [1.82, 2.24) is 14.5 Å². The van der Waals surface area contributed by atoms with Gasteiger partial charge in [-0.2, -0.15) is 0 Å². The van der Waals surface area contributed by atoms with Gasteiger partial charge in [0.15, 0.2) is 0 Å². The third-order valence-electron chi connectivity index (χ3n) is 3.70. The molecule has 0 spiro atoms. The number of halogens is 1. The second kappa shape index (κ2) is 6.10. The standard InChI is InChI=1S/C18H13FN4OS/c1-11-20-16(10-25-11)22-18-21-15-8-7-12(19)9-14(15)17(24)23(18)13-5-3-2-4-6-13/h2-10H,1H3,(H,21,22). The second-order valence-corrected chi connectivity index (χ2v) is 6.51. The molecule has 0 saturated carbocycles. The van der Waals surface area contributed by atoms with Crippen LogP contribution in [0.2, 0.25) is 0 Å². The molecular weight excluding hydrogens is 339 g/mol. The average molecular weight is 352 g/mol. The van der Waals surface area contributed by atoms with Gasteiger partial charge < -0.3 is 5.32 Å². The smallest absolute Gasteiger partial charge is 0.267 e. The van der Waals surface area contributed by atoms with Crippen LogP contribution in [0.25, 0.3) is 16.6 Å². The number of fused-ring (bicyclic) bond motifs is 1. The van der Waals surface area contributed by atoms with Gasteiger partial charge in [0.25, 0.3) is 5.56 Å². The number of nitrogens with one attached hydrogen (secondary N) is 1. The van der Waals surface area contributed by atoms with Crippen molar-refractivity contribution in [2.24, 2.45) is 0 Å². The van der Waals surface area contributed by atoms with Crippen LogP contribution in [0.1, 0.15) is 5.01 Å². The Bertz CT molecular complexity index is 1120. The van der Waals surface area contributed by atoms with Crippen LogP contribution in [0, 0.1) is 12.7 Å². The minimum Gasteiger partial charge on any atom is -0.309 e. The van der Waals surface area contributed by atoms with Gasteiger partial charge in [-0.05, 0) is 37.3 Å². The van der Waals surface area contributed by atoms with E-state index in [0.717, 1.165) is 5.01 Å². The molecule has 0 atom stereocenters. The Labute approximate surface area is 146 Å². The molecule has 0 radical (unpaired) electrons. The van der Waals surface area contributed by atoms with E-state index in [1.165, 1.54) is 34.1 Å². The maximum atomic E-state index is 13.6. The highest BCUT2D eigenvalue weighted by molar-refractivity contribution is 7.09. The van der Waals surface area contributed by atoms with Crippen molar-refractivity contribution in [1.29, 1.82) is 0 Å². The lowest BCUT2D eigenvalue weighted by atomic mass is 10.2. The fraction of sp³-hybridized carbons (Fsp3) is 0.0556. The first-order valence-electron chi connectivity index (χ1n) is 7.59. The molecule has 0 aliphatic heterocycles. The summed E-state index contributed by atoms with van der Waals surface area (Å²) < 4.78 is 15.0. The number of hydrogen-bond donors (Lipinski definition) is 1. The molecule has 4 rings (SSSR count). The number of benzene rings is 2. The number of rotatable bonds is 3. The molecule has 25 heavy (non-hydrogen) atoms. The van der Waals surface area contributed by atoms with Gasteiger partial charge in [-0.1, -0.05) is 18.2 Å². The number of aromatic nitrogens is 3. The Morgan fingerprint density at radius 1 is 1.12 bits per heavy atom. The summed E-state index contributed by atoms with van der Waals surface area (Å²) in [5, 5.41) is 6.08. The third-order valence-corrected chi connectivity index (χ3v) is 4.48. The van der Waals surface area contributed by atoms with Crippen LogP contribution in [0.3, 0.4) is 0 Å². The summed E-state index contributed by atoms with van der Waals surface area (Å²) in [5.74, 6) is 0.475. The van der Waals surface area contributed by atoms with Crippen molar-refractivity contribution in [3.63, 3.8) is 0 Å². The van der Waals surface area contributed by atoms with Crippen molar-refractivity contribution >= 4 is 34.0 Å². The molecule has 5 nitrogen and oxygen atoms in total. The first-order valence-corrected chi connectivity index (χ1v) is 8.47. The Balaban J connectivity index is 1.99. The van der Waals surface area contributed by atoms with Crippen LogP contribution < -0.4 is 10.9 Å². The lowest BCUT2D eigenvalue weighted by Gasteiger charge is -2.14. The molecule has 2 heterocycles. The van der Waals surface area contributed by atoms with Crippen molar-refractivity contribution in [2.45, 2.75) is 6.92 Å². The average Bonchev–Trinajstić information content (AvgIpc) is 3.01. The number of aryl methyl sites for hydroxylation is 1. The monoisotopic (exact) mass is 352 g/mol. The second-order valence-electron chi connectivity index (χ2n) is 5.45. The van der Waals surface area contributed by atoms with Gasteiger partial charge >= 0.3 is 0 Å². The Morgan fingerprint density at radius 3 is 2.64 bits per heavy atom. The third kappa shape index (κ3) is 2.89. The molecule has 0 saturated heterocycles. The number of hydrogen-bond acceptors (Lipinski definition) is 5. The minimum absolute atomic E-state index is 0.226. The van der Waals surface area contributed by atoms with Crippen LogP contribution in [0.15, 0.2) is 58.7 Å². The summed E-state index contributed by atoms with van der Waals surface area (Å²) >= 11 is 1.50. The van der Waals surface area contributed by atoms with E-state index in [9.17, 15) is 9.18 Å². The topological polar surface area (TPSA) is 59.8 Å². The normalized spacial score (nSPS) is 11.0. The Kier molecular flexibility index (Phi) is 3.77. The van der Waals surface area contributed by atoms with Crippen LogP contribution in [-0.4, -0.2) is 14.5 Å². The fourth-order valence-electron chi connectivity index (χ4n) is 2.59. The van der Waals surface area contributed by atoms with Crippen molar-refractivity contribution in [3.05, 3.63) is 75.1 Å². The summed E-state index contributed by atoms with van der Waals surface area (Å²) in [6.45, 7) is 1.90. The molecule has 0 fully saturated rings. The summed E-state index contributed by atoms with van der Waals surface area (Å²) in [7, 11) is 0. The first kappa shape index (κ1) is 15.5. The molecule has 7 heteroatoms. The predicted molar refractivity (Wildman–Crippen MR) is 97.4 cm³/mol. The van der Waals surface area contributed by atoms with Gasteiger partial charge in [0.1, 0.15) is 11.6 Å². The van der Waals surface area contributed by atoms with Crippen LogP contribution in [0.5, 0.6) is 0 Å². The van der Waals surface area contributed by atoms with E-state index in [-0.39, 0.29) is 10.9 Å². The molecule has 2 aromatic carbocycles. The van der Waals surface area contributed by atoms with E-state index in [4.69, 9.17) is 0 Å². The molecule has 0 aliphatic rings. The highest BCUT2D eigenvalue weighted by atomic mass is 32.1. The largest absolute Gasteiger partial charge is 0.309 e. The molecule has 124 valence electrons. The molecule has 0 bridgehead atoms. The van der Waals surface area contributed by atoms with E-state index < -0.39 is 5.82 Å². The maximum Gasteiger partial charge on any atom is 0.267 e. The van der Waals surface area contributed by atoms with Gasteiger partial charge in [-0.25, -0.2) is 18.9 Å². The van der Waals surface area contributed by atoms with Gasteiger partial charge in [0.05, 0.1) is 21.6 Å².